The zero-order chi connectivity index (χ0) is 21.3. The summed E-state index contributed by atoms with van der Waals surface area (Å²) < 4.78 is 32.7. The van der Waals surface area contributed by atoms with Crippen LogP contribution in [0.1, 0.15) is 34.6 Å². The first kappa shape index (κ1) is 23.7. The van der Waals surface area contributed by atoms with Gasteiger partial charge >= 0.3 is 6.03 Å². The molecule has 1 rings (SSSR count). The molecule has 9 nitrogen and oxygen atoms in total. The third-order valence-electron chi connectivity index (χ3n) is 3.92. The minimum Gasteiger partial charge on any atom is -0.492 e. The van der Waals surface area contributed by atoms with Crippen LogP contribution in [0.15, 0.2) is 23.1 Å². The van der Waals surface area contributed by atoms with E-state index < -0.39 is 28.0 Å². The summed E-state index contributed by atoms with van der Waals surface area (Å²) in [6, 6.07) is 3.27. The average molecular weight is 415 g/mol. The molecule has 0 aliphatic rings. The van der Waals surface area contributed by atoms with E-state index in [1.807, 2.05) is 0 Å². The van der Waals surface area contributed by atoms with E-state index in [0.717, 1.165) is 0 Å². The fraction of sp³-hybridized carbons (Fsp3) is 0.556. The number of ether oxygens (including phenoxy) is 1. The molecular formula is C18H30N4O5S. The highest BCUT2D eigenvalue weighted by atomic mass is 32.2. The summed E-state index contributed by atoms with van der Waals surface area (Å²) in [6.07, 6.45) is 0. The van der Waals surface area contributed by atoms with Crippen LogP contribution >= 0.6 is 0 Å². The lowest BCUT2D eigenvalue weighted by Crippen LogP contribution is -2.45. The lowest BCUT2D eigenvalue weighted by Gasteiger charge is -2.22. The van der Waals surface area contributed by atoms with E-state index in [9.17, 15) is 18.0 Å². The highest BCUT2D eigenvalue weighted by Crippen LogP contribution is 2.30. The van der Waals surface area contributed by atoms with Crippen LogP contribution in [0.3, 0.4) is 0 Å². The minimum absolute atomic E-state index is 0.0272. The molecule has 0 fully saturated rings. The number of sulfonamides is 1. The van der Waals surface area contributed by atoms with Gasteiger partial charge in [0.15, 0.2) is 0 Å². The predicted molar refractivity (Wildman–Crippen MR) is 108 cm³/mol. The maximum atomic E-state index is 13.0. The molecule has 0 heterocycles. The molecule has 10 heteroatoms. The average Bonchev–Trinajstić information content (AvgIpc) is 2.63. The number of nitrogens with one attached hydrogen (secondary N) is 3. The maximum Gasteiger partial charge on any atom is 0.321 e. The summed E-state index contributed by atoms with van der Waals surface area (Å²) in [7, 11) is -3.76. The van der Waals surface area contributed by atoms with Gasteiger partial charge < -0.3 is 15.4 Å². The molecule has 0 radical (unpaired) electrons. The normalized spacial score (nSPS) is 12.4. The molecule has 0 aliphatic carbocycles. The van der Waals surface area contributed by atoms with Crippen molar-refractivity contribution in [3.05, 3.63) is 18.2 Å². The maximum absolute atomic E-state index is 13.0. The number of carbonyl (C=O) groups excluding carboxylic acids is 2. The highest BCUT2D eigenvalue weighted by Gasteiger charge is 2.26. The SMILES string of the molecule is CCNC(=O)NC(=O)C(C)Nc1ccc(OCC)c(S(=O)(=O)N(CC)CC)c1. The van der Waals surface area contributed by atoms with Crippen LogP contribution in [0.4, 0.5) is 10.5 Å². The highest BCUT2D eigenvalue weighted by molar-refractivity contribution is 7.89. The molecule has 3 N–H and O–H groups in total. The summed E-state index contributed by atoms with van der Waals surface area (Å²) in [6.45, 7) is 9.97. The van der Waals surface area contributed by atoms with Crippen molar-refractivity contribution >= 4 is 27.6 Å². The van der Waals surface area contributed by atoms with Gasteiger partial charge in [-0.05, 0) is 39.0 Å². The number of hydrogen-bond acceptors (Lipinski definition) is 6. The van der Waals surface area contributed by atoms with Crippen LogP contribution in [0.5, 0.6) is 5.75 Å². The molecule has 0 aromatic heterocycles. The molecular weight excluding hydrogens is 384 g/mol. The van der Waals surface area contributed by atoms with Gasteiger partial charge in [0.25, 0.3) is 0 Å². The molecule has 0 saturated heterocycles. The van der Waals surface area contributed by atoms with Crippen molar-refractivity contribution in [2.75, 3.05) is 31.6 Å². The summed E-state index contributed by atoms with van der Waals surface area (Å²) in [5, 5.41) is 7.60. The number of hydrogen-bond donors (Lipinski definition) is 3. The van der Waals surface area contributed by atoms with Gasteiger partial charge in [0.2, 0.25) is 15.9 Å². The predicted octanol–water partition coefficient (Wildman–Crippen LogP) is 1.76. The first-order valence-corrected chi connectivity index (χ1v) is 10.8. The van der Waals surface area contributed by atoms with Crippen molar-refractivity contribution in [3.63, 3.8) is 0 Å². The minimum atomic E-state index is -3.76. The second-order valence-corrected chi connectivity index (χ2v) is 7.80. The van der Waals surface area contributed by atoms with E-state index in [1.54, 1.807) is 46.8 Å². The molecule has 1 unspecified atom stereocenters. The smallest absolute Gasteiger partial charge is 0.321 e. The van der Waals surface area contributed by atoms with Gasteiger partial charge in [-0.25, -0.2) is 13.2 Å². The van der Waals surface area contributed by atoms with Gasteiger partial charge in [-0.15, -0.1) is 0 Å². The Bertz CT molecular complexity index is 778. The Kier molecular flexibility index (Phi) is 9.20. The van der Waals surface area contributed by atoms with Crippen molar-refractivity contribution < 1.29 is 22.7 Å². The van der Waals surface area contributed by atoms with E-state index >= 15 is 0 Å². The Morgan fingerprint density at radius 3 is 2.32 bits per heavy atom. The first-order chi connectivity index (χ1) is 13.2. The third-order valence-corrected chi connectivity index (χ3v) is 5.99. The quantitative estimate of drug-likeness (QED) is 0.537. The molecule has 1 aromatic rings. The van der Waals surface area contributed by atoms with E-state index in [0.29, 0.717) is 31.9 Å². The Balaban J connectivity index is 3.13. The fourth-order valence-corrected chi connectivity index (χ4v) is 4.13. The van der Waals surface area contributed by atoms with E-state index in [-0.39, 0.29) is 10.6 Å². The topological polar surface area (TPSA) is 117 Å². The summed E-state index contributed by atoms with van der Waals surface area (Å²) in [4.78, 5) is 23.6. The van der Waals surface area contributed by atoms with Gasteiger partial charge in [0.1, 0.15) is 16.7 Å². The lowest BCUT2D eigenvalue weighted by atomic mass is 10.2. The Labute approximate surface area is 166 Å². The van der Waals surface area contributed by atoms with Crippen molar-refractivity contribution in [1.82, 2.24) is 14.9 Å². The summed E-state index contributed by atoms with van der Waals surface area (Å²) in [5.74, 6) is -0.285. The van der Waals surface area contributed by atoms with E-state index in [2.05, 4.69) is 16.0 Å². The summed E-state index contributed by atoms with van der Waals surface area (Å²) in [5.41, 5.74) is 0.424. The van der Waals surface area contributed by atoms with Crippen LogP contribution in [-0.4, -0.2) is 56.9 Å². The van der Waals surface area contributed by atoms with Crippen LogP contribution in [0.25, 0.3) is 0 Å². The van der Waals surface area contributed by atoms with E-state index in [1.165, 1.54) is 10.4 Å². The molecule has 158 valence electrons. The molecule has 0 bridgehead atoms. The zero-order valence-electron chi connectivity index (χ0n) is 17.0. The molecule has 0 saturated carbocycles. The van der Waals surface area contributed by atoms with Gasteiger partial charge in [-0.2, -0.15) is 4.31 Å². The van der Waals surface area contributed by atoms with Gasteiger partial charge in [-0.3, -0.25) is 10.1 Å². The first-order valence-electron chi connectivity index (χ1n) is 9.33. The van der Waals surface area contributed by atoms with Crippen molar-refractivity contribution in [3.8, 4) is 5.75 Å². The van der Waals surface area contributed by atoms with Crippen molar-refractivity contribution in [2.45, 2.75) is 45.6 Å². The van der Waals surface area contributed by atoms with Crippen LogP contribution < -0.4 is 20.7 Å². The number of rotatable bonds is 10. The molecule has 1 atom stereocenters. The van der Waals surface area contributed by atoms with Crippen molar-refractivity contribution in [2.24, 2.45) is 0 Å². The second kappa shape index (κ2) is 10.9. The largest absolute Gasteiger partial charge is 0.492 e. The number of imide groups is 1. The lowest BCUT2D eigenvalue weighted by molar-refractivity contribution is -0.120. The Morgan fingerprint density at radius 2 is 1.79 bits per heavy atom. The standard InChI is InChI=1S/C18H30N4O5S/c1-6-19-18(24)21-17(23)13(5)20-14-10-11-15(27-9-4)16(12-14)28(25,26)22(7-2)8-3/h10-13,20H,6-9H2,1-5H3,(H2,19,21,23,24). The number of anilines is 1. The monoisotopic (exact) mass is 414 g/mol. The molecule has 0 spiro atoms. The zero-order valence-corrected chi connectivity index (χ0v) is 17.9. The molecule has 0 aliphatic heterocycles. The molecule has 1 aromatic carbocycles. The van der Waals surface area contributed by atoms with Crippen LogP contribution in [-0.2, 0) is 14.8 Å². The third kappa shape index (κ3) is 6.10. The van der Waals surface area contributed by atoms with Crippen molar-refractivity contribution in [1.29, 1.82) is 0 Å². The summed E-state index contributed by atoms with van der Waals surface area (Å²) >= 11 is 0. The number of benzene rings is 1. The van der Waals surface area contributed by atoms with Crippen LogP contribution in [0.2, 0.25) is 0 Å². The Morgan fingerprint density at radius 1 is 1.14 bits per heavy atom. The molecule has 28 heavy (non-hydrogen) atoms. The van der Waals surface area contributed by atoms with E-state index in [4.69, 9.17) is 4.74 Å². The fourth-order valence-electron chi connectivity index (χ4n) is 2.52. The number of carbonyl (C=O) groups is 2. The Hall–Kier alpha value is -2.33. The molecule has 3 amide bonds. The number of urea groups is 1. The van der Waals surface area contributed by atoms with Gasteiger partial charge in [0, 0.05) is 25.3 Å². The second-order valence-electron chi connectivity index (χ2n) is 5.90. The number of amides is 3. The van der Waals surface area contributed by atoms with Gasteiger partial charge in [0.05, 0.1) is 6.61 Å². The van der Waals surface area contributed by atoms with Gasteiger partial charge in [-0.1, -0.05) is 13.8 Å². The van der Waals surface area contributed by atoms with Crippen LogP contribution in [0, 0.1) is 0 Å². The number of nitrogens with zero attached hydrogens (tertiary/aromatic N) is 1.